The molecule has 7 nitrogen and oxygen atoms in total. The lowest BCUT2D eigenvalue weighted by Gasteiger charge is -2.34. The average molecular weight is 415 g/mol. The quantitative estimate of drug-likeness (QED) is 0.806. The standard InChI is InChI=1S/C17H20F3N5O2S/c1-3-21-15-8-11(2)22-17(23-15)24-4-6-25(7-5-24)28(26,27)16-13(19)9-12(18)10-14(16)20/h8-10H,3-7H2,1-2H3,(H,21,22,23). The maximum atomic E-state index is 13.9. The summed E-state index contributed by atoms with van der Waals surface area (Å²) < 4.78 is 67.2. The Balaban J connectivity index is 1.79. The van der Waals surface area contributed by atoms with Crippen molar-refractivity contribution in [3.63, 3.8) is 0 Å². The highest BCUT2D eigenvalue weighted by atomic mass is 32.2. The Hall–Kier alpha value is -2.40. The molecule has 2 heterocycles. The zero-order chi connectivity index (χ0) is 20.5. The lowest BCUT2D eigenvalue weighted by molar-refractivity contribution is 0.375. The van der Waals surface area contributed by atoms with E-state index in [4.69, 9.17) is 0 Å². The van der Waals surface area contributed by atoms with E-state index in [9.17, 15) is 21.6 Å². The summed E-state index contributed by atoms with van der Waals surface area (Å²) in [6.07, 6.45) is 0. The van der Waals surface area contributed by atoms with Gasteiger partial charge in [-0.05, 0) is 13.8 Å². The van der Waals surface area contributed by atoms with Gasteiger partial charge >= 0.3 is 0 Å². The third-order valence-corrected chi connectivity index (χ3v) is 6.23. The van der Waals surface area contributed by atoms with Gasteiger partial charge in [-0.25, -0.2) is 26.6 Å². The lowest BCUT2D eigenvalue weighted by Crippen LogP contribution is -2.49. The normalized spacial score (nSPS) is 15.7. The molecule has 0 aliphatic carbocycles. The van der Waals surface area contributed by atoms with Crippen LogP contribution in [0, 0.1) is 24.4 Å². The topological polar surface area (TPSA) is 78.4 Å². The zero-order valence-electron chi connectivity index (χ0n) is 15.4. The van der Waals surface area contributed by atoms with Crippen molar-refractivity contribution in [2.24, 2.45) is 0 Å². The highest BCUT2D eigenvalue weighted by Gasteiger charge is 2.34. The van der Waals surface area contributed by atoms with Crippen LogP contribution in [-0.2, 0) is 10.0 Å². The van der Waals surface area contributed by atoms with Crippen LogP contribution in [0.15, 0.2) is 23.1 Å². The second-order valence-corrected chi connectivity index (χ2v) is 8.19. The fourth-order valence-corrected chi connectivity index (χ4v) is 4.51. The molecule has 1 aliphatic rings. The highest BCUT2D eigenvalue weighted by Crippen LogP contribution is 2.25. The summed E-state index contributed by atoms with van der Waals surface area (Å²) in [5.74, 6) is -2.95. The predicted octanol–water partition coefficient (Wildman–Crippen LogP) is 2.15. The maximum Gasteiger partial charge on any atom is 0.249 e. The Kier molecular flexibility index (Phi) is 5.75. The minimum atomic E-state index is -4.43. The molecule has 2 aromatic rings. The predicted molar refractivity (Wildman–Crippen MR) is 98.2 cm³/mol. The molecule has 11 heteroatoms. The zero-order valence-corrected chi connectivity index (χ0v) is 16.2. The van der Waals surface area contributed by atoms with E-state index < -0.39 is 32.4 Å². The molecule has 3 rings (SSSR count). The van der Waals surface area contributed by atoms with Crippen LogP contribution in [0.3, 0.4) is 0 Å². The van der Waals surface area contributed by atoms with E-state index >= 15 is 0 Å². The van der Waals surface area contributed by atoms with Crippen molar-refractivity contribution in [1.29, 1.82) is 0 Å². The molecule has 1 aromatic carbocycles. The summed E-state index contributed by atoms with van der Waals surface area (Å²) >= 11 is 0. The smallest absolute Gasteiger partial charge is 0.249 e. The fraction of sp³-hybridized carbons (Fsp3) is 0.412. The number of hydrogen-bond acceptors (Lipinski definition) is 6. The van der Waals surface area contributed by atoms with Gasteiger partial charge < -0.3 is 10.2 Å². The van der Waals surface area contributed by atoms with Crippen LogP contribution in [0.1, 0.15) is 12.6 Å². The number of aromatic nitrogens is 2. The molecule has 28 heavy (non-hydrogen) atoms. The lowest BCUT2D eigenvalue weighted by atomic mass is 10.3. The molecule has 1 aliphatic heterocycles. The minimum Gasteiger partial charge on any atom is -0.370 e. The van der Waals surface area contributed by atoms with E-state index in [1.54, 1.807) is 11.0 Å². The molecule has 0 atom stereocenters. The number of anilines is 2. The van der Waals surface area contributed by atoms with Crippen molar-refractivity contribution in [2.75, 3.05) is 42.9 Å². The number of hydrogen-bond donors (Lipinski definition) is 1. The first-order valence-electron chi connectivity index (χ1n) is 8.71. The number of rotatable bonds is 5. The van der Waals surface area contributed by atoms with Crippen molar-refractivity contribution in [3.8, 4) is 0 Å². The van der Waals surface area contributed by atoms with Crippen molar-refractivity contribution in [1.82, 2.24) is 14.3 Å². The highest BCUT2D eigenvalue weighted by molar-refractivity contribution is 7.89. The summed E-state index contributed by atoms with van der Waals surface area (Å²) in [6.45, 7) is 4.94. The molecule has 0 amide bonds. The SMILES string of the molecule is CCNc1cc(C)nc(N2CCN(S(=O)(=O)c3c(F)cc(F)cc3F)CC2)n1. The first kappa shape index (κ1) is 20.3. The molecule has 0 bridgehead atoms. The summed E-state index contributed by atoms with van der Waals surface area (Å²) in [7, 11) is -4.43. The monoisotopic (exact) mass is 415 g/mol. The van der Waals surface area contributed by atoms with Gasteiger partial charge in [-0.2, -0.15) is 9.29 Å². The van der Waals surface area contributed by atoms with Gasteiger partial charge in [0, 0.05) is 56.6 Å². The second-order valence-electron chi connectivity index (χ2n) is 6.31. The summed E-state index contributed by atoms with van der Waals surface area (Å²) in [5.41, 5.74) is 0.756. The number of benzene rings is 1. The maximum absolute atomic E-state index is 13.9. The Labute approximate surface area is 161 Å². The van der Waals surface area contributed by atoms with Crippen molar-refractivity contribution in [2.45, 2.75) is 18.7 Å². The van der Waals surface area contributed by atoms with Gasteiger partial charge in [0.1, 0.15) is 23.3 Å². The number of halogens is 3. The molecule has 0 spiro atoms. The Bertz CT molecular complexity index is 956. The Morgan fingerprint density at radius 1 is 1.04 bits per heavy atom. The van der Waals surface area contributed by atoms with Crippen molar-refractivity contribution in [3.05, 3.63) is 41.3 Å². The molecule has 152 valence electrons. The van der Waals surface area contributed by atoms with Crippen LogP contribution < -0.4 is 10.2 Å². The van der Waals surface area contributed by atoms with Gasteiger partial charge in [-0.3, -0.25) is 0 Å². The second kappa shape index (κ2) is 7.92. The van der Waals surface area contributed by atoms with Crippen LogP contribution in [-0.4, -0.2) is 55.4 Å². The molecule has 1 N–H and O–H groups in total. The molecular weight excluding hydrogens is 395 g/mol. The van der Waals surface area contributed by atoms with E-state index in [1.807, 2.05) is 13.8 Å². The van der Waals surface area contributed by atoms with E-state index in [0.717, 1.165) is 10.00 Å². The third kappa shape index (κ3) is 4.04. The van der Waals surface area contributed by atoms with Crippen molar-refractivity contribution < 1.29 is 21.6 Å². The largest absolute Gasteiger partial charge is 0.370 e. The van der Waals surface area contributed by atoms with E-state index in [1.165, 1.54) is 0 Å². The molecule has 1 aromatic heterocycles. The van der Waals surface area contributed by atoms with Gasteiger partial charge in [0.25, 0.3) is 0 Å². The van der Waals surface area contributed by atoms with Crippen molar-refractivity contribution >= 4 is 21.8 Å². The summed E-state index contributed by atoms with van der Waals surface area (Å²) in [4.78, 5) is 9.44. The van der Waals surface area contributed by atoms with E-state index in [-0.39, 0.29) is 26.2 Å². The van der Waals surface area contributed by atoms with Crippen LogP contribution in [0.5, 0.6) is 0 Å². The van der Waals surface area contributed by atoms with Gasteiger partial charge in [0.05, 0.1) is 0 Å². The Morgan fingerprint density at radius 2 is 1.64 bits per heavy atom. The third-order valence-electron chi connectivity index (χ3n) is 4.28. The van der Waals surface area contributed by atoms with Crippen LogP contribution >= 0.6 is 0 Å². The molecule has 0 saturated carbocycles. The van der Waals surface area contributed by atoms with E-state index in [0.29, 0.717) is 30.4 Å². The Morgan fingerprint density at radius 3 is 2.21 bits per heavy atom. The number of piperazine rings is 1. The molecule has 0 unspecified atom stereocenters. The molecule has 1 fully saturated rings. The van der Waals surface area contributed by atoms with E-state index in [2.05, 4.69) is 15.3 Å². The number of sulfonamides is 1. The van der Waals surface area contributed by atoms with Crippen LogP contribution in [0.2, 0.25) is 0 Å². The minimum absolute atomic E-state index is 0.00751. The number of nitrogens with zero attached hydrogens (tertiary/aromatic N) is 4. The van der Waals surface area contributed by atoms with Crippen LogP contribution in [0.25, 0.3) is 0 Å². The summed E-state index contributed by atoms with van der Waals surface area (Å²) in [6, 6.07) is 2.51. The first-order chi connectivity index (χ1) is 13.2. The first-order valence-corrected chi connectivity index (χ1v) is 10.2. The van der Waals surface area contributed by atoms with Gasteiger partial charge in [-0.15, -0.1) is 0 Å². The molecule has 1 saturated heterocycles. The summed E-state index contributed by atoms with van der Waals surface area (Å²) in [5, 5.41) is 3.10. The fourth-order valence-electron chi connectivity index (χ4n) is 3.00. The van der Waals surface area contributed by atoms with Gasteiger partial charge in [0.15, 0.2) is 4.90 Å². The average Bonchev–Trinajstić information content (AvgIpc) is 2.60. The van der Waals surface area contributed by atoms with Gasteiger partial charge in [0.2, 0.25) is 16.0 Å². The molecular formula is C17H20F3N5O2S. The number of nitrogens with one attached hydrogen (secondary N) is 1. The van der Waals surface area contributed by atoms with Crippen LogP contribution in [0.4, 0.5) is 24.9 Å². The molecule has 0 radical (unpaired) electrons. The number of aryl methyl sites for hydroxylation is 1. The van der Waals surface area contributed by atoms with Gasteiger partial charge in [-0.1, -0.05) is 0 Å².